The molecular weight excluding hydrogens is 112 g/mol. The van der Waals surface area contributed by atoms with Crippen molar-refractivity contribution in [3.63, 3.8) is 0 Å². The van der Waals surface area contributed by atoms with Crippen molar-refractivity contribution in [2.75, 3.05) is 11.5 Å². The van der Waals surface area contributed by atoms with Crippen LogP contribution in [0.1, 0.15) is 6.42 Å². The van der Waals surface area contributed by atoms with Gasteiger partial charge in [0, 0.05) is 23.0 Å². The summed E-state index contributed by atoms with van der Waals surface area (Å²) in [5, 5.41) is 0. The quantitative estimate of drug-likeness (QED) is 0.438. The van der Waals surface area contributed by atoms with E-state index < -0.39 is 10.8 Å². The zero-order chi connectivity index (χ0) is 5.28. The lowest BCUT2D eigenvalue weighted by atomic mass is 10.4. The van der Waals surface area contributed by atoms with E-state index >= 15 is 0 Å². The number of rotatable bonds is 0. The fourth-order valence-electron chi connectivity index (χ4n) is 0.552. The first-order valence-electron chi connectivity index (χ1n) is 2.16. The van der Waals surface area contributed by atoms with Crippen molar-refractivity contribution in [2.45, 2.75) is 6.42 Å². The van der Waals surface area contributed by atoms with E-state index in [-0.39, 0.29) is 5.78 Å². The Balaban J connectivity index is 2.55. The van der Waals surface area contributed by atoms with Gasteiger partial charge in [-0.1, -0.05) is 0 Å². The fraction of sp³-hybridized carbons (Fsp3) is 0.750. The van der Waals surface area contributed by atoms with Gasteiger partial charge in [-0.2, -0.15) is 0 Å². The minimum atomic E-state index is -0.802. The van der Waals surface area contributed by atoms with E-state index in [1.54, 1.807) is 0 Å². The summed E-state index contributed by atoms with van der Waals surface area (Å²) in [6.07, 6.45) is 0.534. The van der Waals surface area contributed by atoms with Crippen LogP contribution in [0.3, 0.4) is 0 Å². The van der Waals surface area contributed by atoms with Gasteiger partial charge in [0.1, 0.15) is 5.78 Å². The number of hydrogen-bond donors (Lipinski definition) is 0. The zero-order valence-corrected chi connectivity index (χ0v) is 4.66. The van der Waals surface area contributed by atoms with Crippen LogP contribution >= 0.6 is 0 Å². The van der Waals surface area contributed by atoms with Crippen LogP contribution in [0.5, 0.6) is 0 Å². The molecule has 0 radical (unpaired) electrons. The van der Waals surface area contributed by atoms with E-state index in [4.69, 9.17) is 0 Å². The van der Waals surface area contributed by atoms with Crippen molar-refractivity contribution in [2.24, 2.45) is 0 Å². The molecule has 0 N–H and O–H groups in total. The molecule has 40 valence electrons. The maximum atomic E-state index is 10.3. The highest BCUT2D eigenvalue weighted by molar-refractivity contribution is 7.86. The molecule has 1 atom stereocenters. The molecule has 0 aromatic rings. The molecule has 1 heterocycles. The minimum absolute atomic E-state index is 0.151. The molecule has 0 bridgehead atoms. The SMILES string of the molecule is O=C1CCS(=O)C1. The van der Waals surface area contributed by atoms with E-state index in [1.807, 2.05) is 0 Å². The van der Waals surface area contributed by atoms with Gasteiger partial charge in [-0.15, -0.1) is 0 Å². The van der Waals surface area contributed by atoms with Crippen LogP contribution in [0.2, 0.25) is 0 Å². The Labute approximate surface area is 44.4 Å². The number of carbonyl (C=O) groups excluding carboxylic acids is 1. The second-order valence-electron chi connectivity index (χ2n) is 1.58. The predicted octanol–water partition coefficient (Wildman–Crippen LogP) is -0.292. The largest absolute Gasteiger partial charge is 0.299 e. The number of hydrogen-bond acceptors (Lipinski definition) is 2. The molecule has 3 heteroatoms. The van der Waals surface area contributed by atoms with Gasteiger partial charge in [0.25, 0.3) is 0 Å². The van der Waals surface area contributed by atoms with Crippen LogP contribution < -0.4 is 0 Å². The van der Waals surface area contributed by atoms with Crippen molar-refractivity contribution in [3.05, 3.63) is 0 Å². The van der Waals surface area contributed by atoms with E-state index in [2.05, 4.69) is 0 Å². The molecule has 1 fully saturated rings. The third-order valence-electron chi connectivity index (χ3n) is 0.931. The third-order valence-corrected chi connectivity index (χ3v) is 2.23. The van der Waals surface area contributed by atoms with Crippen LogP contribution in [0, 0.1) is 0 Å². The highest BCUT2D eigenvalue weighted by Crippen LogP contribution is 1.99. The molecule has 7 heavy (non-hydrogen) atoms. The van der Waals surface area contributed by atoms with Gasteiger partial charge in [0.15, 0.2) is 0 Å². The summed E-state index contributed by atoms with van der Waals surface area (Å²) in [7, 11) is -0.802. The number of Topliss-reactive ketones (excluding diaryl/α,β-unsaturated/α-hetero) is 1. The maximum absolute atomic E-state index is 10.3. The summed E-state index contributed by atoms with van der Waals surface area (Å²) in [6.45, 7) is 0. The van der Waals surface area contributed by atoms with Gasteiger partial charge in [0.05, 0.1) is 5.75 Å². The van der Waals surface area contributed by atoms with Gasteiger partial charge in [-0.3, -0.25) is 9.00 Å². The van der Waals surface area contributed by atoms with E-state index in [9.17, 15) is 9.00 Å². The van der Waals surface area contributed by atoms with Gasteiger partial charge in [-0.25, -0.2) is 0 Å². The van der Waals surface area contributed by atoms with Crippen LogP contribution in [-0.4, -0.2) is 21.5 Å². The second-order valence-corrected chi connectivity index (χ2v) is 3.15. The van der Waals surface area contributed by atoms with Crippen molar-refractivity contribution >= 4 is 16.6 Å². The normalized spacial score (nSPS) is 31.4. The molecule has 1 unspecified atom stereocenters. The first-order valence-corrected chi connectivity index (χ1v) is 3.64. The molecule has 1 rings (SSSR count). The van der Waals surface area contributed by atoms with Crippen molar-refractivity contribution < 1.29 is 9.00 Å². The van der Waals surface area contributed by atoms with E-state index in [1.165, 1.54) is 0 Å². The average Bonchev–Trinajstić information content (AvgIpc) is 1.87. The fourth-order valence-corrected chi connectivity index (χ4v) is 1.65. The summed E-state index contributed by atoms with van der Waals surface area (Å²) in [4.78, 5) is 10.3. The molecule has 0 spiro atoms. The Morgan fingerprint density at radius 3 is 2.43 bits per heavy atom. The molecule has 0 aromatic heterocycles. The van der Waals surface area contributed by atoms with Crippen molar-refractivity contribution in [1.82, 2.24) is 0 Å². The Bertz CT molecular complexity index is 105. The van der Waals surface area contributed by atoms with Gasteiger partial charge >= 0.3 is 0 Å². The highest BCUT2D eigenvalue weighted by atomic mass is 32.2. The number of carbonyl (C=O) groups is 1. The smallest absolute Gasteiger partial charge is 0.146 e. The summed E-state index contributed by atoms with van der Waals surface area (Å²) in [5.41, 5.74) is 0. The Hall–Kier alpha value is -0.180. The van der Waals surface area contributed by atoms with Crippen molar-refractivity contribution in [3.8, 4) is 0 Å². The first-order chi connectivity index (χ1) is 3.29. The Morgan fingerprint density at radius 1 is 1.57 bits per heavy atom. The highest BCUT2D eigenvalue weighted by Gasteiger charge is 2.15. The van der Waals surface area contributed by atoms with Crippen LogP contribution in [0.4, 0.5) is 0 Å². The summed E-state index contributed by atoms with van der Waals surface area (Å²) < 4.78 is 10.3. The van der Waals surface area contributed by atoms with Gasteiger partial charge < -0.3 is 0 Å². The Kier molecular flexibility index (Phi) is 1.23. The molecule has 0 amide bonds. The van der Waals surface area contributed by atoms with Gasteiger partial charge in [0.2, 0.25) is 0 Å². The topological polar surface area (TPSA) is 34.1 Å². The summed E-state index contributed by atoms with van der Waals surface area (Å²) >= 11 is 0. The van der Waals surface area contributed by atoms with Crippen LogP contribution in [0.25, 0.3) is 0 Å². The molecule has 2 nitrogen and oxygen atoms in total. The summed E-state index contributed by atoms with van der Waals surface area (Å²) in [6, 6.07) is 0. The second kappa shape index (κ2) is 1.74. The van der Waals surface area contributed by atoms with Gasteiger partial charge in [-0.05, 0) is 0 Å². The van der Waals surface area contributed by atoms with E-state index in [0.717, 1.165) is 0 Å². The average molecular weight is 118 g/mol. The first kappa shape index (κ1) is 4.97. The molecule has 1 saturated heterocycles. The van der Waals surface area contributed by atoms with E-state index in [0.29, 0.717) is 17.9 Å². The lowest BCUT2D eigenvalue weighted by Gasteiger charge is -1.73. The molecule has 0 aliphatic carbocycles. The van der Waals surface area contributed by atoms with Crippen LogP contribution in [-0.2, 0) is 15.6 Å². The van der Waals surface area contributed by atoms with Crippen molar-refractivity contribution in [1.29, 1.82) is 0 Å². The molecule has 0 aromatic carbocycles. The van der Waals surface area contributed by atoms with Crippen LogP contribution in [0.15, 0.2) is 0 Å². The Morgan fingerprint density at radius 2 is 2.29 bits per heavy atom. The number of ketones is 1. The molecule has 1 aliphatic heterocycles. The molecular formula is C4H6O2S. The standard InChI is InChI=1S/C4H6O2S/c5-4-1-2-7(6)3-4/h1-3H2. The lowest BCUT2D eigenvalue weighted by molar-refractivity contribution is -0.115. The maximum Gasteiger partial charge on any atom is 0.146 e. The monoisotopic (exact) mass is 118 g/mol. The lowest BCUT2D eigenvalue weighted by Crippen LogP contribution is -1.94. The minimum Gasteiger partial charge on any atom is -0.299 e. The summed E-state index contributed by atoms with van der Waals surface area (Å²) in [5.74, 6) is 1.05. The predicted molar refractivity (Wildman–Crippen MR) is 27.5 cm³/mol. The third kappa shape index (κ3) is 1.09. The molecule has 1 aliphatic rings. The molecule has 0 saturated carbocycles. The zero-order valence-electron chi connectivity index (χ0n) is 3.85.